The van der Waals surface area contributed by atoms with Gasteiger partial charge in [0.1, 0.15) is 6.61 Å². The number of hydrogen-bond donors (Lipinski definition) is 0. The first-order valence-electron chi connectivity index (χ1n) is 11.1. The summed E-state index contributed by atoms with van der Waals surface area (Å²) < 4.78 is 13.1. The lowest BCUT2D eigenvalue weighted by Crippen LogP contribution is -2.33. The van der Waals surface area contributed by atoms with Crippen LogP contribution in [0.15, 0.2) is 93.7 Å². The second-order valence-corrected chi connectivity index (χ2v) is 10.2. The fourth-order valence-corrected chi connectivity index (χ4v) is 5.90. The lowest BCUT2D eigenvalue weighted by atomic mass is 9.83. The molecule has 0 aliphatic heterocycles. The Bertz CT molecular complexity index is 978. The van der Waals surface area contributed by atoms with Gasteiger partial charge in [-0.3, -0.25) is 0 Å². The number of methoxy groups -OCH3 is 1. The summed E-state index contributed by atoms with van der Waals surface area (Å²) in [6.45, 7) is 6.90. The summed E-state index contributed by atoms with van der Waals surface area (Å²) >= 11 is 5.60. The van der Waals surface area contributed by atoms with Crippen molar-refractivity contribution in [3.8, 4) is 0 Å². The van der Waals surface area contributed by atoms with Gasteiger partial charge in [0.25, 0.3) is 0 Å². The fourth-order valence-electron chi connectivity index (χ4n) is 4.19. The molecule has 0 spiro atoms. The molecule has 1 fully saturated rings. The predicted octanol–water partition coefficient (Wildman–Crippen LogP) is 8.24. The van der Waals surface area contributed by atoms with Crippen LogP contribution in [0.25, 0.3) is 0 Å². The molecule has 32 heavy (non-hydrogen) atoms. The van der Waals surface area contributed by atoms with Gasteiger partial charge in [0.05, 0.1) is 11.9 Å². The SMILES string of the molecule is C/C=C1/C(=C(C)\C=C(/C)OCc2ccccc2Br)CCC(SCc2ccccc2)[C@H]1OC. The standard InChI is InChI=1S/C28H33BrO2S/c1-5-24-25(20(2)17-21(3)31-18-23-13-9-10-14-26(23)29)15-16-27(28(24)30-4)32-19-22-11-7-6-8-12-22/h5-14,17,27-28H,15-16,18-19H2,1-4H3/b21-17+,24-5-,25-20-/t27?,28-/m0/s1. The van der Waals surface area contributed by atoms with E-state index < -0.39 is 0 Å². The molecule has 1 aliphatic rings. The molecular weight excluding hydrogens is 480 g/mol. The number of halogens is 1. The number of ether oxygens (including phenoxy) is 2. The van der Waals surface area contributed by atoms with E-state index in [4.69, 9.17) is 9.47 Å². The van der Waals surface area contributed by atoms with Crippen LogP contribution >= 0.6 is 27.7 Å². The first kappa shape index (κ1) is 24.9. The molecule has 0 aromatic heterocycles. The first-order valence-corrected chi connectivity index (χ1v) is 13.0. The highest BCUT2D eigenvalue weighted by atomic mass is 79.9. The Morgan fingerprint density at radius 2 is 1.81 bits per heavy atom. The third-order valence-corrected chi connectivity index (χ3v) is 8.04. The molecule has 170 valence electrons. The maximum atomic E-state index is 6.04. The highest BCUT2D eigenvalue weighted by molar-refractivity contribution is 9.10. The minimum absolute atomic E-state index is 0.113. The van der Waals surface area contributed by atoms with Crippen LogP contribution in [-0.4, -0.2) is 18.5 Å². The summed E-state index contributed by atoms with van der Waals surface area (Å²) in [5, 5.41) is 0.458. The van der Waals surface area contributed by atoms with Crippen LogP contribution in [0.5, 0.6) is 0 Å². The van der Waals surface area contributed by atoms with Crippen LogP contribution in [0.3, 0.4) is 0 Å². The molecule has 0 saturated heterocycles. The van der Waals surface area contributed by atoms with Crippen LogP contribution in [0.1, 0.15) is 44.7 Å². The average molecular weight is 514 g/mol. The summed E-state index contributed by atoms with van der Waals surface area (Å²) in [6.07, 6.45) is 6.69. The van der Waals surface area contributed by atoms with E-state index in [-0.39, 0.29) is 6.10 Å². The van der Waals surface area contributed by atoms with E-state index in [1.54, 1.807) is 0 Å². The van der Waals surface area contributed by atoms with Gasteiger partial charge in [-0.25, -0.2) is 0 Å². The van der Waals surface area contributed by atoms with E-state index in [1.165, 1.54) is 22.3 Å². The lowest BCUT2D eigenvalue weighted by Gasteiger charge is -2.35. The number of thioether (sulfide) groups is 1. The van der Waals surface area contributed by atoms with Crippen molar-refractivity contribution < 1.29 is 9.47 Å². The molecule has 0 N–H and O–H groups in total. The van der Waals surface area contributed by atoms with Crippen molar-refractivity contribution in [2.75, 3.05) is 7.11 Å². The molecule has 0 radical (unpaired) electrons. The van der Waals surface area contributed by atoms with E-state index in [2.05, 4.69) is 78.3 Å². The van der Waals surface area contributed by atoms with Crippen LogP contribution in [-0.2, 0) is 21.8 Å². The van der Waals surface area contributed by atoms with Gasteiger partial charge in [-0.2, -0.15) is 11.8 Å². The zero-order chi connectivity index (χ0) is 22.9. The Hall–Kier alpha value is -1.75. The Morgan fingerprint density at radius 3 is 2.50 bits per heavy atom. The van der Waals surface area contributed by atoms with Crippen molar-refractivity contribution in [3.63, 3.8) is 0 Å². The van der Waals surface area contributed by atoms with Gasteiger partial charge in [0.2, 0.25) is 0 Å². The van der Waals surface area contributed by atoms with Crippen LogP contribution in [0.4, 0.5) is 0 Å². The van der Waals surface area contributed by atoms with E-state index in [9.17, 15) is 0 Å². The van der Waals surface area contributed by atoms with Gasteiger partial charge in [-0.1, -0.05) is 70.5 Å². The molecule has 3 rings (SSSR count). The number of rotatable bonds is 8. The third-order valence-electron chi connectivity index (χ3n) is 5.85. The lowest BCUT2D eigenvalue weighted by molar-refractivity contribution is 0.122. The number of allylic oxidation sites excluding steroid dienone is 4. The van der Waals surface area contributed by atoms with Crippen molar-refractivity contribution in [2.45, 2.75) is 57.3 Å². The zero-order valence-corrected chi connectivity index (χ0v) is 21.8. The van der Waals surface area contributed by atoms with Gasteiger partial charge in [-0.05, 0) is 68.0 Å². The molecule has 2 nitrogen and oxygen atoms in total. The minimum atomic E-state index is 0.113. The molecule has 1 saturated carbocycles. The highest BCUT2D eigenvalue weighted by Crippen LogP contribution is 2.40. The van der Waals surface area contributed by atoms with Gasteiger partial charge in [0.15, 0.2) is 0 Å². The predicted molar refractivity (Wildman–Crippen MR) is 141 cm³/mol. The molecule has 0 heterocycles. The minimum Gasteiger partial charge on any atom is -0.494 e. The van der Waals surface area contributed by atoms with Crippen molar-refractivity contribution >= 4 is 27.7 Å². The second-order valence-electron chi connectivity index (χ2n) is 8.07. The van der Waals surface area contributed by atoms with Gasteiger partial charge in [0, 0.05) is 28.1 Å². The Morgan fingerprint density at radius 1 is 1.09 bits per heavy atom. The monoisotopic (exact) mass is 512 g/mol. The van der Waals surface area contributed by atoms with Crippen molar-refractivity contribution in [1.82, 2.24) is 0 Å². The average Bonchev–Trinajstić information content (AvgIpc) is 2.82. The van der Waals surface area contributed by atoms with Crippen LogP contribution in [0.2, 0.25) is 0 Å². The molecule has 1 aliphatic carbocycles. The molecule has 2 aromatic carbocycles. The molecule has 2 aromatic rings. The normalized spacial score (nSPS) is 22.2. The molecule has 2 atom stereocenters. The summed E-state index contributed by atoms with van der Waals surface area (Å²) in [5.41, 5.74) is 6.48. The third kappa shape index (κ3) is 6.63. The van der Waals surface area contributed by atoms with E-state index in [0.29, 0.717) is 11.9 Å². The molecule has 1 unspecified atom stereocenters. The maximum absolute atomic E-state index is 6.04. The molecule has 0 amide bonds. The van der Waals surface area contributed by atoms with Gasteiger partial charge < -0.3 is 9.47 Å². The maximum Gasteiger partial charge on any atom is 0.114 e. The van der Waals surface area contributed by atoms with E-state index in [1.807, 2.05) is 44.0 Å². The summed E-state index contributed by atoms with van der Waals surface area (Å²) in [4.78, 5) is 0. The Balaban J connectivity index is 1.69. The summed E-state index contributed by atoms with van der Waals surface area (Å²) in [5.74, 6) is 1.94. The second kappa shape index (κ2) is 12.5. The van der Waals surface area contributed by atoms with Gasteiger partial charge >= 0.3 is 0 Å². The van der Waals surface area contributed by atoms with Crippen molar-refractivity contribution in [2.24, 2.45) is 0 Å². The summed E-state index contributed by atoms with van der Waals surface area (Å²) in [6, 6.07) is 18.9. The Kier molecular flexibility index (Phi) is 9.70. The molecule has 0 bridgehead atoms. The Labute approximate surface area is 205 Å². The topological polar surface area (TPSA) is 18.5 Å². The van der Waals surface area contributed by atoms with Crippen molar-refractivity contribution in [3.05, 3.63) is 105 Å². The zero-order valence-electron chi connectivity index (χ0n) is 19.4. The van der Waals surface area contributed by atoms with Gasteiger partial charge in [-0.15, -0.1) is 0 Å². The molecular formula is C28H33BrO2S. The molecule has 4 heteroatoms. The smallest absolute Gasteiger partial charge is 0.114 e. The summed E-state index contributed by atoms with van der Waals surface area (Å²) in [7, 11) is 1.84. The number of benzene rings is 2. The van der Waals surface area contributed by atoms with Crippen molar-refractivity contribution in [1.29, 1.82) is 0 Å². The van der Waals surface area contributed by atoms with E-state index >= 15 is 0 Å². The van der Waals surface area contributed by atoms with E-state index in [0.717, 1.165) is 34.4 Å². The fraction of sp³-hybridized carbons (Fsp3) is 0.357. The van der Waals surface area contributed by atoms with Crippen LogP contribution in [0, 0.1) is 0 Å². The highest BCUT2D eigenvalue weighted by Gasteiger charge is 2.32. The van der Waals surface area contributed by atoms with Crippen LogP contribution < -0.4 is 0 Å². The quantitative estimate of drug-likeness (QED) is 0.331. The number of hydrogen-bond acceptors (Lipinski definition) is 3. The largest absolute Gasteiger partial charge is 0.494 e. The first-order chi connectivity index (χ1) is 15.5.